The summed E-state index contributed by atoms with van der Waals surface area (Å²) in [6.07, 6.45) is 12.1. The number of nitrogens with zero attached hydrogens (tertiary/aromatic N) is 1. The molecule has 158 valence electrons. The monoisotopic (exact) mass is 423 g/mol. The van der Waals surface area contributed by atoms with Crippen LogP contribution in [-0.2, 0) is 0 Å². The fourth-order valence-corrected chi connectivity index (χ4v) is 5.62. The molecular weight excluding hydrogens is 398 g/mol. The van der Waals surface area contributed by atoms with Gasteiger partial charge in [-0.25, -0.2) is 0 Å². The lowest BCUT2D eigenvalue weighted by atomic mass is 9.81. The first-order valence-electron chi connectivity index (χ1n) is 11.8. The van der Waals surface area contributed by atoms with Gasteiger partial charge in [0.05, 0.1) is 6.07 Å². The number of rotatable bonds is 2. The Bertz CT molecular complexity index is 1500. The predicted octanol–water partition coefficient (Wildman–Crippen LogP) is 8.81. The summed E-state index contributed by atoms with van der Waals surface area (Å²) >= 11 is 0. The van der Waals surface area contributed by atoms with Crippen molar-refractivity contribution in [3.05, 3.63) is 107 Å². The summed E-state index contributed by atoms with van der Waals surface area (Å²) in [6, 6.07) is 26.8. The maximum Gasteiger partial charge on any atom is 0.0947 e. The van der Waals surface area contributed by atoms with Crippen molar-refractivity contribution in [1.29, 1.82) is 5.26 Å². The Morgan fingerprint density at radius 2 is 1.48 bits per heavy atom. The zero-order valence-electron chi connectivity index (χ0n) is 18.8. The van der Waals surface area contributed by atoms with Gasteiger partial charge in [-0.15, -0.1) is 0 Å². The number of allylic oxidation sites excluding steroid dienone is 5. The van der Waals surface area contributed by atoms with Crippen LogP contribution in [0, 0.1) is 11.3 Å². The lowest BCUT2D eigenvalue weighted by Gasteiger charge is -2.22. The van der Waals surface area contributed by atoms with Crippen LogP contribution in [0.1, 0.15) is 48.8 Å². The van der Waals surface area contributed by atoms with E-state index in [0.29, 0.717) is 5.92 Å². The van der Waals surface area contributed by atoms with Gasteiger partial charge in [0.25, 0.3) is 0 Å². The first kappa shape index (κ1) is 19.8. The van der Waals surface area contributed by atoms with Gasteiger partial charge in [0, 0.05) is 5.57 Å². The van der Waals surface area contributed by atoms with Crippen molar-refractivity contribution >= 4 is 33.2 Å². The van der Waals surface area contributed by atoms with E-state index in [1.54, 1.807) is 0 Å². The van der Waals surface area contributed by atoms with Crippen molar-refractivity contribution in [2.24, 2.45) is 0 Å². The maximum atomic E-state index is 9.53. The zero-order chi connectivity index (χ0) is 22.4. The van der Waals surface area contributed by atoms with E-state index < -0.39 is 0 Å². The molecule has 0 heterocycles. The number of nitriles is 1. The first-order chi connectivity index (χ1) is 16.2. The van der Waals surface area contributed by atoms with Crippen LogP contribution in [0.15, 0.2) is 90.5 Å². The van der Waals surface area contributed by atoms with Crippen LogP contribution in [0.4, 0.5) is 0 Å². The molecule has 33 heavy (non-hydrogen) atoms. The second-order valence-corrected chi connectivity index (χ2v) is 9.21. The molecule has 0 radical (unpaired) electrons. The Balaban J connectivity index is 1.69. The van der Waals surface area contributed by atoms with Gasteiger partial charge in [-0.2, -0.15) is 5.26 Å². The number of hydrogen-bond donors (Lipinski definition) is 0. The highest BCUT2D eigenvalue weighted by Gasteiger charge is 2.21. The largest absolute Gasteiger partial charge is 0.193 e. The molecule has 4 aromatic carbocycles. The van der Waals surface area contributed by atoms with Gasteiger partial charge in [0.2, 0.25) is 0 Å². The fourth-order valence-electron chi connectivity index (χ4n) is 5.62. The number of hydrogen-bond acceptors (Lipinski definition) is 1. The molecule has 0 saturated carbocycles. The Morgan fingerprint density at radius 3 is 2.09 bits per heavy atom. The molecule has 2 aliphatic rings. The summed E-state index contributed by atoms with van der Waals surface area (Å²) in [6.45, 7) is 2.22. The minimum atomic E-state index is 0.370. The Morgan fingerprint density at radius 1 is 0.818 bits per heavy atom. The molecule has 1 unspecified atom stereocenters. The molecule has 4 aromatic rings. The molecule has 1 atom stereocenters. The van der Waals surface area contributed by atoms with E-state index in [1.807, 2.05) is 0 Å². The third-order valence-corrected chi connectivity index (χ3v) is 7.12. The zero-order valence-corrected chi connectivity index (χ0v) is 18.8. The molecule has 0 amide bonds. The highest BCUT2D eigenvalue weighted by atomic mass is 14.3. The standard InChI is InChI=1S/C32H25N/c1-21-17-22(20-33)18-25-19-24(15-16-26(21)25)32-29-13-7-5-11-27(29)31(23-9-3-2-4-10-23)28-12-6-8-14-30(28)32/h3,5-16,18-19,21H,2,4,17H2,1H3. The molecule has 0 aliphatic heterocycles. The van der Waals surface area contributed by atoms with Gasteiger partial charge in [-0.3, -0.25) is 0 Å². The molecule has 1 nitrogen and oxygen atoms in total. The third-order valence-electron chi connectivity index (χ3n) is 7.12. The van der Waals surface area contributed by atoms with Crippen molar-refractivity contribution in [2.75, 3.05) is 0 Å². The smallest absolute Gasteiger partial charge is 0.0947 e. The van der Waals surface area contributed by atoms with Crippen LogP contribution in [-0.4, -0.2) is 0 Å². The molecule has 0 saturated heterocycles. The Labute approximate surface area is 195 Å². The Kier molecular flexibility index (Phi) is 4.74. The lowest BCUT2D eigenvalue weighted by Crippen LogP contribution is -2.04. The van der Waals surface area contributed by atoms with Crippen LogP contribution in [0.2, 0.25) is 0 Å². The minimum absolute atomic E-state index is 0.370. The number of benzene rings is 4. The quantitative estimate of drug-likeness (QED) is 0.295. The summed E-state index contributed by atoms with van der Waals surface area (Å²) in [5, 5.41) is 14.7. The van der Waals surface area contributed by atoms with Crippen LogP contribution in [0.5, 0.6) is 0 Å². The summed E-state index contributed by atoms with van der Waals surface area (Å²) in [4.78, 5) is 0. The molecule has 0 aromatic heterocycles. The molecule has 1 heteroatoms. The summed E-state index contributed by atoms with van der Waals surface area (Å²) in [7, 11) is 0. The molecule has 0 spiro atoms. The van der Waals surface area contributed by atoms with E-state index in [0.717, 1.165) is 24.8 Å². The first-order valence-corrected chi connectivity index (χ1v) is 11.8. The molecule has 0 fully saturated rings. The van der Waals surface area contributed by atoms with Crippen LogP contribution in [0.3, 0.4) is 0 Å². The van der Waals surface area contributed by atoms with Gasteiger partial charge < -0.3 is 0 Å². The molecule has 6 rings (SSSR count). The van der Waals surface area contributed by atoms with Crippen molar-refractivity contribution in [2.45, 2.75) is 32.1 Å². The van der Waals surface area contributed by atoms with Gasteiger partial charge in [0.15, 0.2) is 0 Å². The highest BCUT2D eigenvalue weighted by molar-refractivity contribution is 6.19. The van der Waals surface area contributed by atoms with Gasteiger partial charge in [0.1, 0.15) is 0 Å². The van der Waals surface area contributed by atoms with Crippen LogP contribution in [0.25, 0.3) is 44.3 Å². The van der Waals surface area contributed by atoms with E-state index in [-0.39, 0.29) is 0 Å². The van der Waals surface area contributed by atoms with Crippen LogP contribution < -0.4 is 0 Å². The van der Waals surface area contributed by atoms with Crippen molar-refractivity contribution in [3.63, 3.8) is 0 Å². The van der Waals surface area contributed by atoms with Gasteiger partial charge in [-0.1, -0.05) is 85.8 Å². The second kappa shape index (κ2) is 7.91. The molecule has 0 bridgehead atoms. The normalized spacial score (nSPS) is 17.4. The summed E-state index contributed by atoms with van der Waals surface area (Å²) in [5.74, 6) is 0.370. The summed E-state index contributed by atoms with van der Waals surface area (Å²) < 4.78 is 0. The summed E-state index contributed by atoms with van der Waals surface area (Å²) in [5.41, 5.74) is 8.52. The van der Waals surface area contributed by atoms with Crippen molar-refractivity contribution in [3.8, 4) is 17.2 Å². The average molecular weight is 424 g/mol. The average Bonchev–Trinajstić information content (AvgIpc) is 2.87. The molecular formula is C32H25N. The van der Waals surface area contributed by atoms with E-state index in [2.05, 4.69) is 104 Å². The number of fused-ring (bicyclic) bond motifs is 3. The van der Waals surface area contributed by atoms with Gasteiger partial charge in [-0.05, 0) is 92.3 Å². The predicted molar refractivity (Wildman–Crippen MR) is 140 cm³/mol. The van der Waals surface area contributed by atoms with Crippen molar-refractivity contribution in [1.82, 2.24) is 0 Å². The third kappa shape index (κ3) is 3.22. The van der Waals surface area contributed by atoms with E-state index in [1.165, 1.54) is 54.9 Å². The second-order valence-electron chi connectivity index (χ2n) is 9.21. The SMILES string of the molecule is CC1CC(C#N)=Cc2cc(-c3c4ccccc4c(C4=CCCC=C4)c4ccccc34)ccc21. The van der Waals surface area contributed by atoms with E-state index in [4.69, 9.17) is 0 Å². The molecule has 2 aliphatic carbocycles. The van der Waals surface area contributed by atoms with E-state index in [9.17, 15) is 5.26 Å². The Hall–Kier alpha value is -3.89. The topological polar surface area (TPSA) is 23.8 Å². The highest BCUT2D eigenvalue weighted by Crippen LogP contribution is 2.44. The fraction of sp³-hybridized carbons (Fsp3) is 0.156. The lowest BCUT2D eigenvalue weighted by molar-refractivity contribution is 0.755. The van der Waals surface area contributed by atoms with Crippen LogP contribution >= 0.6 is 0 Å². The van der Waals surface area contributed by atoms with E-state index >= 15 is 0 Å². The van der Waals surface area contributed by atoms with Crippen molar-refractivity contribution < 1.29 is 0 Å². The maximum absolute atomic E-state index is 9.53. The minimum Gasteiger partial charge on any atom is -0.193 e. The molecule has 0 N–H and O–H groups in total. The van der Waals surface area contributed by atoms with Gasteiger partial charge >= 0.3 is 0 Å².